The Hall–Kier alpha value is -2.49. The van der Waals surface area contributed by atoms with Crippen LogP contribution in [0, 0.1) is 52.3 Å². The summed E-state index contributed by atoms with van der Waals surface area (Å²) in [6.07, 6.45) is 17.9. The minimum absolute atomic E-state index is 0.124. The third-order valence-electron chi connectivity index (χ3n) is 16.4. The molecular weight excluding hydrogens is 801 g/mol. The van der Waals surface area contributed by atoms with Gasteiger partial charge in [-0.3, -0.25) is 0 Å². The molecule has 3 fully saturated rings. The minimum atomic E-state index is -0.597. The standard InChI is InChI=1S/C54H98N4O6/c1-17-39(37(2)3)21-20-38(4)43-24-25-44-42-23-22-40-36-41(26-28-53(40,15)45(42)27-29-54(43,44)16)62-48(61)58(35-31-52(13,14)57-47(60)64-50(8,9)10)34-19-18-32-55-33-30-51(11,12)56-46(59)63-49(5,6)7/h22,37-39,41-45,55H,17-21,23-36H2,1-16H3,(H,56,59)(H,57,60)/t38-,39-,41+,42+,43-,44+,45+,53+,54-/m1/s1. The zero-order chi connectivity index (χ0) is 47.9. The molecule has 0 aliphatic heterocycles. The summed E-state index contributed by atoms with van der Waals surface area (Å²) in [5.41, 5.74) is 0.0474. The van der Waals surface area contributed by atoms with E-state index in [2.05, 4.69) is 63.6 Å². The van der Waals surface area contributed by atoms with Crippen molar-refractivity contribution in [1.29, 1.82) is 0 Å². The van der Waals surface area contributed by atoms with E-state index in [9.17, 15) is 14.4 Å². The Kier molecular flexibility index (Phi) is 18.7. The second kappa shape index (κ2) is 22.1. The number of ether oxygens (including phenoxy) is 3. The van der Waals surface area contributed by atoms with Crippen LogP contribution in [0.15, 0.2) is 11.6 Å². The topological polar surface area (TPSA) is 118 Å². The van der Waals surface area contributed by atoms with Gasteiger partial charge in [-0.1, -0.05) is 66.0 Å². The quantitative estimate of drug-likeness (QED) is 0.0633. The number of nitrogens with zero attached hydrogens (tertiary/aromatic N) is 1. The van der Waals surface area contributed by atoms with E-state index in [1.807, 2.05) is 74.1 Å². The van der Waals surface area contributed by atoms with Gasteiger partial charge in [0.2, 0.25) is 0 Å². The molecule has 370 valence electrons. The molecule has 3 saturated carbocycles. The average molecular weight is 899 g/mol. The normalized spacial score (nSPS) is 28.2. The molecule has 9 atom stereocenters. The Labute approximate surface area is 392 Å². The molecule has 3 amide bonds. The van der Waals surface area contributed by atoms with E-state index in [-0.39, 0.29) is 17.6 Å². The van der Waals surface area contributed by atoms with Crippen LogP contribution in [-0.4, -0.2) is 77.7 Å². The van der Waals surface area contributed by atoms with E-state index in [4.69, 9.17) is 14.2 Å². The Balaban J connectivity index is 1.34. The van der Waals surface area contributed by atoms with Crippen LogP contribution < -0.4 is 16.0 Å². The maximum Gasteiger partial charge on any atom is 0.410 e. The molecule has 64 heavy (non-hydrogen) atoms. The first kappa shape index (κ1) is 54.1. The molecule has 0 unspecified atom stereocenters. The lowest BCUT2D eigenvalue weighted by Gasteiger charge is -2.58. The van der Waals surface area contributed by atoms with Crippen LogP contribution in [-0.2, 0) is 14.2 Å². The Morgan fingerprint density at radius 2 is 1.39 bits per heavy atom. The molecule has 4 aliphatic rings. The molecule has 0 bridgehead atoms. The number of carbonyl (C=O) groups excluding carboxylic acids is 3. The van der Waals surface area contributed by atoms with E-state index < -0.39 is 34.5 Å². The third-order valence-corrected chi connectivity index (χ3v) is 16.4. The van der Waals surface area contributed by atoms with Gasteiger partial charge in [0.05, 0.1) is 0 Å². The number of amides is 3. The van der Waals surface area contributed by atoms with Crippen molar-refractivity contribution in [2.75, 3.05) is 26.2 Å². The molecule has 0 spiro atoms. The SMILES string of the molecule is CC[C@H](CC[C@@H](C)[C@H]1CC[C@H]2[C@@H]3CC=C4C[C@@H](OC(=O)N(CCCCNCCC(C)(C)NC(=O)OC(C)(C)C)CCC(C)(C)NC(=O)OC(C)(C)C)CC[C@]4(C)[C@H]3CC[C@]12C)C(C)C. The molecule has 0 saturated heterocycles. The first-order valence-corrected chi connectivity index (χ1v) is 26.0. The van der Waals surface area contributed by atoms with Crippen molar-refractivity contribution >= 4 is 18.3 Å². The first-order valence-electron chi connectivity index (χ1n) is 26.0. The molecule has 0 aromatic rings. The monoisotopic (exact) mass is 899 g/mol. The van der Waals surface area contributed by atoms with Gasteiger partial charge < -0.3 is 35.1 Å². The van der Waals surface area contributed by atoms with Crippen molar-refractivity contribution in [2.24, 2.45) is 52.3 Å². The van der Waals surface area contributed by atoms with Gasteiger partial charge in [-0.2, -0.15) is 0 Å². The lowest BCUT2D eigenvalue weighted by Crippen LogP contribution is -2.51. The van der Waals surface area contributed by atoms with Gasteiger partial charge in [0.15, 0.2) is 0 Å². The largest absolute Gasteiger partial charge is 0.446 e. The molecule has 4 aliphatic carbocycles. The van der Waals surface area contributed by atoms with Crippen LogP contribution >= 0.6 is 0 Å². The maximum atomic E-state index is 14.1. The highest BCUT2D eigenvalue weighted by molar-refractivity contribution is 5.69. The summed E-state index contributed by atoms with van der Waals surface area (Å²) in [6.45, 7) is 36.7. The van der Waals surface area contributed by atoms with Gasteiger partial charge in [0.25, 0.3) is 0 Å². The fourth-order valence-electron chi connectivity index (χ4n) is 12.7. The van der Waals surface area contributed by atoms with E-state index >= 15 is 0 Å². The smallest absolute Gasteiger partial charge is 0.410 e. The van der Waals surface area contributed by atoms with Crippen molar-refractivity contribution in [1.82, 2.24) is 20.9 Å². The first-order chi connectivity index (χ1) is 29.6. The molecule has 0 aromatic carbocycles. The van der Waals surface area contributed by atoms with Gasteiger partial charge >= 0.3 is 18.3 Å². The molecule has 4 rings (SSSR count). The number of fused-ring (bicyclic) bond motifs is 5. The summed E-state index contributed by atoms with van der Waals surface area (Å²) < 4.78 is 17.5. The minimum Gasteiger partial charge on any atom is -0.446 e. The van der Waals surface area contributed by atoms with Gasteiger partial charge in [-0.25, -0.2) is 14.4 Å². The number of carbonyl (C=O) groups is 3. The highest BCUT2D eigenvalue weighted by Gasteiger charge is 2.59. The lowest BCUT2D eigenvalue weighted by molar-refractivity contribution is -0.0596. The predicted octanol–water partition coefficient (Wildman–Crippen LogP) is 13.2. The number of hydrogen-bond donors (Lipinski definition) is 3. The third kappa shape index (κ3) is 15.3. The summed E-state index contributed by atoms with van der Waals surface area (Å²) in [5.74, 6) is 5.59. The van der Waals surface area contributed by atoms with Crippen LogP contribution in [0.3, 0.4) is 0 Å². The van der Waals surface area contributed by atoms with Crippen LogP contribution in [0.4, 0.5) is 14.4 Å². The molecule has 10 nitrogen and oxygen atoms in total. The summed E-state index contributed by atoms with van der Waals surface area (Å²) in [4.78, 5) is 41.1. The second-order valence-corrected chi connectivity index (χ2v) is 25.2. The summed E-state index contributed by atoms with van der Waals surface area (Å²) in [7, 11) is 0. The average Bonchev–Trinajstić information content (AvgIpc) is 3.51. The Morgan fingerprint density at radius 3 is 1.98 bits per heavy atom. The number of nitrogens with one attached hydrogen (secondary N) is 3. The Bertz CT molecular complexity index is 1560. The highest BCUT2D eigenvalue weighted by atomic mass is 16.6. The van der Waals surface area contributed by atoms with Gasteiger partial charge in [0.1, 0.15) is 17.3 Å². The van der Waals surface area contributed by atoms with E-state index in [1.54, 1.807) is 0 Å². The molecule has 3 N–H and O–H groups in total. The summed E-state index contributed by atoms with van der Waals surface area (Å²) in [6, 6.07) is 0. The van der Waals surface area contributed by atoms with Crippen LogP contribution in [0.2, 0.25) is 0 Å². The second-order valence-electron chi connectivity index (χ2n) is 25.2. The Morgan fingerprint density at radius 1 is 0.766 bits per heavy atom. The number of rotatable bonds is 20. The zero-order valence-electron chi connectivity index (χ0n) is 44.0. The number of hydrogen-bond acceptors (Lipinski definition) is 7. The number of alkyl carbamates (subject to hydrolysis) is 2. The van der Waals surface area contributed by atoms with Crippen LogP contribution in [0.1, 0.15) is 207 Å². The number of allylic oxidation sites excluding steroid dienone is 1. The van der Waals surface area contributed by atoms with Crippen molar-refractivity contribution in [3.63, 3.8) is 0 Å². The van der Waals surface area contributed by atoms with Crippen molar-refractivity contribution in [2.45, 2.75) is 235 Å². The van der Waals surface area contributed by atoms with Gasteiger partial charge in [0, 0.05) is 30.6 Å². The molecular formula is C54H98N4O6. The van der Waals surface area contributed by atoms with Crippen molar-refractivity contribution in [3.05, 3.63) is 11.6 Å². The zero-order valence-corrected chi connectivity index (χ0v) is 44.0. The summed E-state index contributed by atoms with van der Waals surface area (Å²) in [5, 5.41) is 9.52. The molecule has 0 heterocycles. The van der Waals surface area contributed by atoms with Crippen molar-refractivity contribution in [3.8, 4) is 0 Å². The maximum absolute atomic E-state index is 14.1. The molecule has 0 radical (unpaired) electrons. The van der Waals surface area contributed by atoms with E-state index in [1.165, 1.54) is 56.9 Å². The fourth-order valence-corrected chi connectivity index (χ4v) is 12.7. The van der Waals surface area contributed by atoms with Crippen molar-refractivity contribution < 1.29 is 28.6 Å². The van der Waals surface area contributed by atoms with Gasteiger partial charge in [-0.05, 0) is 212 Å². The predicted molar refractivity (Wildman–Crippen MR) is 262 cm³/mol. The lowest BCUT2D eigenvalue weighted by atomic mass is 9.47. The highest BCUT2D eigenvalue weighted by Crippen LogP contribution is 2.67. The molecule has 0 aromatic heterocycles. The number of unbranched alkanes of at least 4 members (excludes halogenated alkanes) is 1. The van der Waals surface area contributed by atoms with Crippen LogP contribution in [0.5, 0.6) is 0 Å². The van der Waals surface area contributed by atoms with Crippen LogP contribution in [0.25, 0.3) is 0 Å². The molecule has 10 heteroatoms. The van der Waals surface area contributed by atoms with Gasteiger partial charge in [-0.15, -0.1) is 0 Å². The van der Waals surface area contributed by atoms with E-state index in [0.29, 0.717) is 24.9 Å². The summed E-state index contributed by atoms with van der Waals surface area (Å²) >= 11 is 0. The van der Waals surface area contributed by atoms with E-state index in [0.717, 1.165) is 93.0 Å². The fraction of sp³-hybridized carbons (Fsp3) is 0.907.